The molecule has 19 heavy (non-hydrogen) atoms. The third-order valence-corrected chi connectivity index (χ3v) is 2.82. The van der Waals surface area contributed by atoms with Gasteiger partial charge in [0, 0.05) is 12.6 Å². The Kier molecular flexibility index (Phi) is 4.57. The maximum Gasteiger partial charge on any atom is 0.321 e. The second-order valence-corrected chi connectivity index (χ2v) is 4.65. The third kappa shape index (κ3) is 4.40. The predicted octanol–water partition coefficient (Wildman–Crippen LogP) is 3.55. The fraction of sp³-hybridized carbons (Fsp3) is 0.154. The van der Waals surface area contributed by atoms with Gasteiger partial charge in [-0.1, -0.05) is 12.1 Å². The van der Waals surface area contributed by atoms with Crippen LogP contribution in [-0.2, 0) is 6.42 Å². The maximum absolute atomic E-state index is 12.9. The number of anilines is 1. The first-order valence-corrected chi connectivity index (χ1v) is 6.47. The zero-order valence-electron chi connectivity index (χ0n) is 9.95. The van der Waals surface area contributed by atoms with E-state index in [0.717, 1.165) is 5.56 Å². The molecule has 1 heterocycles. The monoisotopic (exact) mass is 326 g/mol. The molecule has 100 valence electrons. The Balaban J connectivity index is 1.75. The summed E-state index contributed by atoms with van der Waals surface area (Å²) in [5.74, 6) is 0.0810. The standard InChI is InChI=1S/C13H12BrFN2O2/c14-11-4-5-12(19-11)17-13(18)16-7-6-9-2-1-3-10(15)8-9/h1-5,8H,6-7H2,(H2,16,17,18). The van der Waals surface area contributed by atoms with Crippen molar-refractivity contribution in [2.45, 2.75) is 6.42 Å². The number of carbonyl (C=O) groups excluding carboxylic acids is 1. The van der Waals surface area contributed by atoms with E-state index in [1.807, 2.05) is 6.07 Å². The van der Waals surface area contributed by atoms with Crippen LogP contribution in [-0.4, -0.2) is 12.6 Å². The van der Waals surface area contributed by atoms with E-state index < -0.39 is 0 Å². The number of halogens is 2. The first-order valence-electron chi connectivity index (χ1n) is 5.68. The van der Waals surface area contributed by atoms with E-state index in [1.165, 1.54) is 12.1 Å². The van der Waals surface area contributed by atoms with Gasteiger partial charge in [-0.3, -0.25) is 5.32 Å². The number of benzene rings is 1. The van der Waals surface area contributed by atoms with Crippen LogP contribution in [0.15, 0.2) is 45.5 Å². The van der Waals surface area contributed by atoms with Gasteiger partial charge in [-0.25, -0.2) is 9.18 Å². The molecule has 0 aliphatic carbocycles. The Hall–Kier alpha value is -1.82. The summed E-state index contributed by atoms with van der Waals surface area (Å²) in [7, 11) is 0. The molecule has 2 N–H and O–H groups in total. The number of carbonyl (C=O) groups is 1. The molecule has 1 aromatic heterocycles. The summed E-state index contributed by atoms with van der Waals surface area (Å²) >= 11 is 3.14. The van der Waals surface area contributed by atoms with E-state index in [2.05, 4.69) is 26.6 Å². The average molecular weight is 327 g/mol. The van der Waals surface area contributed by atoms with Crippen LogP contribution in [0.25, 0.3) is 0 Å². The number of urea groups is 1. The van der Waals surface area contributed by atoms with Crippen LogP contribution in [0.3, 0.4) is 0 Å². The SMILES string of the molecule is O=C(NCCc1cccc(F)c1)Nc1ccc(Br)o1. The summed E-state index contributed by atoms with van der Waals surface area (Å²) in [6, 6.07) is 9.25. The van der Waals surface area contributed by atoms with Crippen molar-refractivity contribution in [1.29, 1.82) is 0 Å². The molecule has 2 amide bonds. The lowest BCUT2D eigenvalue weighted by Crippen LogP contribution is -2.30. The number of rotatable bonds is 4. The van der Waals surface area contributed by atoms with Gasteiger partial charge >= 0.3 is 6.03 Å². The normalized spacial score (nSPS) is 10.2. The molecule has 2 rings (SSSR count). The molecule has 4 nitrogen and oxygen atoms in total. The molecule has 0 spiro atoms. The van der Waals surface area contributed by atoms with E-state index in [4.69, 9.17) is 4.42 Å². The quantitative estimate of drug-likeness (QED) is 0.902. The molecule has 6 heteroatoms. The fourth-order valence-corrected chi connectivity index (χ4v) is 1.86. The van der Waals surface area contributed by atoms with Crippen LogP contribution in [0.4, 0.5) is 15.1 Å². The molecule has 0 atom stereocenters. The van der Waals surface area contributed by atoms with Crippen molar-refractivity contribution in [2.75, 3.05) is 11.9 Å². The van der Waals surface area contributed by atoms with Crippen molar-refractivity contribution in [2.24, 2.45) is 0 Å². The Labute approximate surface area is 118 Å². The summed E-state index contributed by atoms with van der Waals surface area (Å²) in [5.41, 5.74) is 0.834. The smallest absolute Gasteiger partial charge is 0.321 e. The van der Waals surface area contributed by atoms with Crippen LogP contribution in [0.2, 0.25) is 0 Å². The molecule has 1 aromatic carbocycles. The first kappa shape index (κ1) is 13.6. The molecule has 0 fully saturated rings. The molecule has 0 saturated carbocycles. The highest BCUT2D eigenvalue weighted by molar-refractivity contribution is 9.10. The Morgan fingerprint density at radius 2 is 2.16 bits per heavy atom. The van der Waals surface area contributed by atoms with Crippen molar-refractivity contribution < 1.29 is 13.6 Å². The Morgan fingerprint density at radius 1 is 1.32 bits per heavy atom. The molecule has 2 aromatic rings. The number of furan rings is 1. The van der Waals surface area contributed by atoms with Gasteiger partial charge in [-0.2, -0.15) is 0 Å². The molecule has 0 radical (unpaired) electrons. The predicted molar refractivity (Wildman–Crippen MR) is 73.5 cm³/mol. The zero-order chi connectivity index (χ0) is 13.7. The Bertz CT molecular complexity index is 571. The average Bonchev–Trinajstić information content (AvgIpc) is 2.75. The second kappa shape index (κ2) is 6.38. The highest BCUT2D eigenvalue weighted by Gasteiger charge is 2.04. The van der Waals surface area contributed by atoms with E-state index in [9.17, 15) is 9.18 Å². The molecule has 0 bridgehead atoms. The maximum atomic E-state index is 12.9. The molecule has 0 unspecified atom stereocenters. The molecular formula is C13H12BrFN2O2. The second-order valence-electron chi connectivity index (χ2n) is 3.86. The fourth-order valence-electron chi connectivity index (χ4n) is 1.55. The number of amides is 2. The highest BCUT2D eigenvalue weighted by Crippen LogP contribution is 2.17. The van der Waals surface area contributed by atoms with Crippen LogP contribution in [0, 0.1) is 5.82 Å². The van der Waals surface area contributed by atoms with Crippen molar-refractivity contribution in [3.05, 3.63) is 52.4 Å². The van der Waals surface area contributed by atoms with E-state index in [1.54, 1.807) is 18.2 Å². The van der Waals surface area contributed by atoms with Gasteiger partial charge < -0.3 is 9.73 Å². The van der Waals surface area contributed by atoms with Gasteiger partial charge in [0.25, 0.3) is 0 Å². The first-order chi connectivity index (χ1) is 9.13. The minimum atomic E-state index is -0.363. The Morgan fingerprint density at radius 3 is 2.84 bits per heavy atom. The van der Waals surface area contributed by atoms with Gasteiger partial charge in [0.05, 0.1) is 0 Å². The van der Waals surface area contributed by atoms with Crippen LogP contribution < -0.4 is 10.6 Å². The zero-order valence-corrected chi connectivity index (χ0v) is 11.5. The van der Waals surface area contributed by atoms with E-state index in [-0.39, 0.29) is 11.8 Å². The molecule has 0 aliphatic heterocycles. The lowest BCUT2D eigenvalue weighted by Gasteiger charge is -2.05. The number of hydrogen-bond acceptors (Lipinski definition) is 2. The van der Waals surface area contributed by atoms with Crippen molar-refractivity contribution in [1.82, 2.24) is 5.32 Å². The molecule has 0 aliphatic rings. The van der Waals surface area contributed by atoms with Gasteiger partial charge in [0.15, 0.2) is 4.67 Å². The summed E-state index contributed by atoms with van der Waals surface area (Å²) < 4.78 is 18.6. The van der Waals surface area contributed by atoms with Crippen LogP contribution in [0.5, 0.6) is 0 Å². The van der Waals surface area contributed by atoms with Crippen molar-refractivity contribution >= 4 is 27.8 Å². The molecular weight excluding hydrogens is 315 g/mol. The van der Waals surface area contributed by atoms with Crippen molar-refractivity contribution in [3.63, 3.8) is 0 Å². The van der Waals surface area contributed by atoms with E-state index in [0.29, 0.717) is 23.5 Å². The number of hydrogen-bond donors (Lipinski definition) is 2. The number of nitrogens with one attached hydrogen (secondary N) is 2. The van der Waals surface area contributed by atoms with E-state index >= 15 is 0 Å². The van der Waals surface area contributed by atoms with Gasteiger partial charge in [-0.05, 0) is 46.1 Å². The summed E-state index contributed by atoms with van der Waals surface area (Å²) in [4.78, 5) is 11.5. The lowest BCUT2D eigenvalue weighted by atomic mass is 10.1. The molecule has 0 saturated heterocycles. The topological polar surface area (TPSA) is 54.3 Å². The largest absolute Gasteiger partial charge is 0.434 e. The summed E-state index contributed by atoms with van der Waals surface area (Å²) in [6.07, 6.45) is 0.563. The highest BCUT2D eigenvalue weighted by atomic mass is 79.9. The van der Waals surface area contributed by atoms with Crippen LogP contribution >= 0.6 is 15.9 Å². The van der Waals surface area contributed by atoms with Crippen LogP contribution in [0.1, 0.15) is 5.56 Å². The summed E-state index contributed by atoms with van der Waals surface area (Å²) in [5, 5.41) is 5.20. The lowest BCUT2D eigenvalue weighted by molar-refractivity contribution is 0.251. The van der Waals surface area contributed by atoms with Gasteiger partial charge in [-0.15, -0.1) is 0 Å². The summed E-state index contributed by atoms with van der Waals surface area (Å²) in [6.45, 7) is 0.414. The van der Waals surface area contributed by atoms with Gasteiger partial charge in [0.1, 0.15) is 5.82 Å². The minimum Gasteiger partial charge on any atom is -0.434 e. The van der Waals surface area contributed by atoms with Crippen molar-refractivity contribution in [3.8, 4) is 0 Å². The minimum absolute atomic E-state index is 0.276. The third-order valence-electron chi connectivity index (χ3n) is 2.40. The van der Waals surface area contributed by atoms with Gasteiger partial charge in [0.2, 0.25) is 5.88 Å².